The van der Waals surface area contributed by atoms with Crippen LogP contribution in [0.4, 0.5) is 0 Å². The van der Waals surface area contributed by atoms with Crippen LogP contribution in [0.2, 0.25) is 0 Å². The lowest BCUT2D eigenvalue weighted by molar-refractivity contribution is -0.145. The van der Waals surface area contributed by atoms with Gasteiger partial charge in [-0.05, 0) is 37.1 Å². The highest BCUT2D eigenvalue weighted by molar-refractivity contribution is 5.93. The largest absolute Gasteiger partial charge is 0.467 e. The van der Waals surface area contributed by atoms with Crippen molar-refractivity contribution < 1.29 is 19.1 Å². The van der Waals surface area contributed by atoms with Gasteiger partial charge in [-0.2, -0.15) is 0 Å². The van der Waals surface area contributed by atoms with E-state index >= 15 is 0 Å². The third kappa shape index (κ3) is 7.23. The van der Waals surface area contributed by atoms with Crippen LogP contribution in [-0.2, 0) is 20.9 Å². The van der Waals surface area contributed by atoms with Crippen LogP contribution in [0.3, 0.4) is 0 Å². The third-order valence-corrected chi connectivity index (χ3v) is 3.84. The van der Waals surface area contributed by atoms with Gasteiger partial charge in [-0.1, -0.05) is 26.0 Å². The van der Waals surface area contributed by atoms with Crippen LogP contribution in [0.5, 0.6) is 0 Å². The molecule has 0 bridgehead atoms. The highest BCUT2D eigenvalue weighted by atomic mass is 16.5. The predicted octanol–water partition coefficient (Wildman–Crippen LogP) is 1.18. The summed E-state index contributed by atoms with van der Waals surface area (Å²) >= 11 is 0. The number of carbonyl (C=O) groups is 3. The minimum Gasteiger partial charge on any atom is -0.467 e. The second kappa shape index (κ2) is 10.6. The van der Waals surface area contributed by atoms with Gasteiger partial charge in [-0.3, -0.25) is 14.5 Å². The number of hydrogen-bond acceptors (Lipinski definition) is 5. The Bertz CT molecular complexity index is 614. The lowest BCUT2D eigenvalue weighted by Gasteiger charge is -2.21. The van der Waals surface area contributed by atoms with E-state index in [1.807, 2.05) is 37.9 Å². The summed E-state index contributed by atoms with van der Waals surface area (Å²) in [7, 11) is 4.72. The molecule has 0 radical (unpaired) electrons. The minimum atomic E-state index is -0.632. The summed E-state index contributed by atoms with van der Waals surface area (Å²) in [5.74, 6) is -0.538. The van der Waals surface area contributed by atoms with Crippen molar-refractivity contribution in [3.8, 4) is 0 Å². The molecule has 1 aromatic rings. The quantitative estimate of drug-likeness (QED) is 0.644. The lowest BCUT2D eigenvalue weighted by Crippen LogP contribution is -2.45. The summed E-state index contributed by atoms with van der Waals surface area (Å²) in [6, 6.07) is 6.58. The minimum absolute atomic E-state index is 0.136. The van der Waals surface area contributed by atoms with Crippen LogP contribution in [0.25, 0.3) is 0 Å². The first-order valence-electron chi connectivity index (χ1n) is 8.63. The highest BCUT2D eigenvalue weighted by Crippen LogP contribution is 2.08. The fraction of sp³-hybridized carbons (Fsp3) is 0.526. The molecule has 7 nitrogen and oxygen atoms in total. The molecule has 1 rings (SSSR count). The Morgan fingerprint density at radius 2 is 1.77 bits per heavy atom. The zero-order valence-corrected chi connectivity index (χ0v) is 16.2. The van der Waals surface area contributed by atoms with E-state index in [1.165, 1.54) is 7.11 Å². The smallest absolute Gasteiger partial charge is 0.328 e. The molecule has 0 saturated heterocycles. The fourth-order valence-electron chi connectivity index (χ4n) is 2.59. The molecule has 0 unspecified atom stereocenters. The van der Waals surface area contributed by atoms with Gasteiger partial charge in [0.25, 0.3) is 5.91 Å². The first-order valence-corrected chi connectivity index (χ1v) is 8.63. The second-order valence-electron chi connectivity index (χ2n) is 6.72. The van der Waals surface area contributed by atoms with Crippen molar-refractivity contribution in [3.63, 3.8) is 0 Å². The molecule has 0 aromatic heterocycles. The van der Waals surface area contributed by atoms with E-state index in [-0.39, 0.29) is 24.3 Å². The zero-order valence-electron chi connectivity index (χ0n) is 16.2. The number of methoxy groups -OCH3 is 1. The van der Waals surface area contributed by atoms with E-state index in [0.717, 1.165) is 5.56 Å². The van der Waals surface area contributed by atoms with E-state index in [0.29, 0.717) is 18.5 Å². The van der Waals surface area contributed by atoms with Gasteiger partial charge < -0.3 is 15.4 Å². The maximum absolute atomic E-state index is 12.2. The van der Waals surface area contributed by atoms with Crippen molar-refractivity contribution in [3.05, 3.63) is 35.4 Å². The average Bonchev–Trinajstić information content (AvgIpc) is 2.59. The van der Waals surface area contributed by atoms with Crippen molar-refractivity contribution >= 4 is 17.8 Å². The molecule has 2 N–H and O–H groups in total. The molecule has 1 atom stereocenters. The molecule has 0 saturated carbocycles. The second-order valence-corrected chi connectivity index (χ2v) is 6.72. The van der Waals surface area contributed by atoms with Crippen molar-refractivity contribution in [2.75, 3.05) is 27.7 Å². The molecule has 26 heavy (non-hydrogen) atoms. The van der Waals surface area contributed by atoms with Gasteiger partial charge in [0.05, 0.1) is 13.7 Å². The number of rotatable bonds is 9. The van der Waals surface area contributed by atoms with Crippen molar-refractivity contribution in [2.24, 2.45) is 5.92 Å². The van der Waals surface area contributed by atoms with Crippen LogP contribution in [-0.4, -0.2) is 56.5 Å². The maximum atomic E-state index is 12.2. The summed E-state index contributed by atoms with van der Waals surface area (Å²) < 4.78 is 4.75. The molecule has 0 aliphatic heterocycles. The van der Waals surface area contributed by atoms with E-state index in [4.69, 9.17) is 4.74 Å². The molecule has 0 heterocycles. The molecule has 0 spiro atoms. The Kier molecular flexibility index (Phi) is 8.78. The molecule has 0 fully saturated rings. The highest BCUT2D eigenvalue weighted by Gasteiger charge is 2.23. The summed E-state index contributed by atoms with van der Waals surface area (Å²) in [5, 5.41) is 5.31. The number of benzene rings is 1. The SMILES string of the molecule is CNC(=O)c1ccc(CN(C)CC(=O)N[C@H](CC(C)C)C(=O)OC)cc1. The standard InChI is InChI=1S/C19H29N3O4/c1-13(2)10-16(19(25)26-5)21-17(23)12-22(4)11-14-6-8-15(9-7-14)18(24)20-3/h6-9,13,16H,10-12H2,1-5H3,(H,20,24)(H,21,23)/t16-/m1/s1. The van der Waals surface area contributed by atoms with Gasteiger partial charge in [0.1, 0.15) is 6.04 Å². The van der Waals surface area contributed by atoms with Gasteiger partial charge in [0.15, 0.2) is 0 Å². The fourth-order valence-corrected chi connectivity index (χ4v) is 2.59. The van der Waals surface area contributed by atoms with Crippen LogP contribution in [0.15, 0.2) is 24.3 Å². The molecule has 0 aliphatic carbocycles. The van der Waals surface area contributed by atoms with E-state index < -0.39 is 12.0 Å². The summed E-state index contributed by atoms with van der Waals surface area (Å²) in [6.45, 7) is 4.67. The van der Waals surface area contributed by atoms with Gasteiger partial charge in [0, 0.05) is 19.2 Å². The van der Waals surface area contributed by atoms with Crippen LogP contribution >= 0.6 is 0 Å². The van der Waals surface area contributed by atoms with Crippen LogP contribution in [0.1, 0.15) is 36.2 Å². The number of likely N-dealkylation sites (N-methyl/N-ethyl adjacent to an activating group) is 1. The summed E-state index contributed by atoms with van der Waals surface area (Å²) in [6.07, 6.45) is 0.531. The number of esters is 1. The number of ether oxygens (including phenoxy) is 1. The topological polar surface area (TPSA) is 87.7 Å². The Hall–Kier alpha value is -2.41. The number of carbonyl (C=O) groups excluding carboxylic acids is 3. The normalized spacial score (nSPS) is 12.0. The number of nitrogens with one attached hydrogen (secondary N) is 2. The summed E-state index contributed by atoms with van der Waals surface area (Å²) in [5.41, 5.74) is 1.57. The molecule has 1 aromatic carbocycles. The Balaban J connectivity index is 2.57. The van der Waals surface area contributed by atoms with E-state index in [9.17, 15) is 14.4 Å². The van der Waals surface area contributed by atoms with Crippen molar-refractivity contribution in [1.82, 2.24) is 15.5 Å². The van der Waals surface area contributed by atoms with Crippen LogP contribution < -0.4 is 10.6 Å². The molecule has 0 aliphatic rings. The van der Waals surface area contributed by atoms with Gasteiger partial charge in [-0.15, -0.1) is 0 Å². The zero-order chi connectivity index (χ0) is 19.7. The Morgan fingerprint density at radius 3 is 2.27 bits per heavy atom. The first-order chi connectivity index (χ1) is 12.3. The van der Waals surface area contributed by atoms with Gasteiger partial charge in [-0.25, -0.2) is 4.79 Å². The number of hydrogen-bond donors (Lipinski definition) is 2. The van der Waals surface area contributed by atoms with E-state index in [1.54, 1.807) is 19.2 Å². The van der Waals surface area contributed by atoms with E-state index in [2.05, 4.69) is 10.6 Å². The Morgan fingerprint density at radius 1 is 1.15 bits per heavy atom. The van der Waals surface area contributed by atoms with Crippen LogP contribution in [0, 0.1) is 5.92 Å². The molecule has 144 valence electrons. The maximum Gasteiger partial charge on any atom is 0.328 e. The third-order valence-electron chi connectivity index (χ3n) is 3.84. The van der Waals surface area contributed by atoms with Crippen molar-refractivity contribution in [2.45, 2.75) is 32.9 Å². The molecular weight excluding hydrogens is 334 g/mol. The molecular formula is C19H29N3O4. The Labute approximate surface area is 155 Å². The van der Waals surface area contributed by atoms with Gasteiger partial charge >= 0.3 is 5.97 Å². The van der Waals surface area contributed by atoms with Crippen molar-refractivity contribution in [1.29, 1.82) is 0 Å². The lowest BCUT2D eigenvalue weighted by atomic mass is 10.0. The molecule has 7 heteroatoms. The number of amides is 2. The monoisotopic (exact) mass is 363 g/mol. The van der Waals surface area contributed by atoms with Gasteiger partial charge in [0.2, 0.25) is 5.91 Å². The first kappa shape index (κ1) is 21.6. The summed E-state index contributed by atoms with van der Waals surface area (Å²) in [4.78, 5) is 37.4. The molecule has 2 amide bonds. The number of nitrogens with zero attached hydrogens (tertiary/aromatic N) is 1. The average molecular weight is 363 g/mol. The predicted molar refractivity (Wildman–Crippen MR) is 99.6 cm³/mol.